The van der Waals surface area contributed by atoms with Crippen molar-refractivity contribution in [1.29, 1.82) is 0 Å². The molecule has 1 atom stereocenters. The van der Waals surface area contributed by atoms with Gasteiger partial charge in [-0.3, -0.25) is 24.9 Å². The van der Waals surface area contributed by atoms with E-state index in [2.05, 4.69) is 35.8 Å². The summed E-state index contributed by atoms with van der Waals surface area (Å²) in [6.07, 6.45) is 7.91. The maximum absolute atomic E-state index is 12.8. The first-order chi connectivity index (χ1) is 21.5. The van der Waals surface area contributed by atoms with Crippen LogP contribution < -0.4 is 20.9 Å². The molecule has 4 aromatic rings. The fraction of sp³-hybridized carbons (Fsp3) is 0.333. The predicted molar refractivity (Wildman–Crippen MR) is 162 cm³/mol. The lowest BCUT2D eigenvalue weighted by Crippen LogP contribution is -2.63. The van der Waals surface area contributed by atoms with Gasteiger partial charge in [-0.15, -0.1) is 0 Å². The van der Waals surface area contributed by atoms with Crippen LogP contribution in [0.15, 0.2) is 53.8 Å². The number of carbonyl (C=O) groups excluding carboxylic acids is 3. The molecule has 7 rings (SSSR count). The quantitative estimate of drug-likeness (QED) is 0.264. The molecular formula is C30H29N9O5S. The number of rotatable bonds is 6. The van der Waals surface area contributed by atoms with Gasteiger partial charge in [0.15, 0.2) is 9.84 Å². The molecule has 45 heavy (non-hydrogen) atoms. The molecule has 6 heterocycles. The molecule has 230 valence electrons. The number of amides is 4. The van der Waals surface area contributed by atoms with E-state index in [1.54, 1.807) is 31.5 Å². The van der Waals surface area contributed by atoms with Crippen LogP contribution in [-0.2, 0) is 21.2 Å². The maximum atomic E-state index is 12.8. The third-order valence-electron chi connectivity index (χ3n) is 8.90. The number of hydrogen-bond donors (Lipinski definition) is 3. The van der Waals surface area contributed by atoms with Crippen molar-refractivity contribution in [1.82, 2.24) is 40.9 Å². The third kappa shape index (κ3) is 5.02. The van der Waals surface area contributed by atoms with Crippen molar-refractivity contribution in [3.8, 4) is 11.4 Å². The highest BCUT2D eigenvalue weighted by Gasteiger charge is 2.68. The van der Waals surface area contributed by atoms with Gasteiger partial charge < -0.3 is 15.5 Å². The van der Waals surface area contributed by atoms with Gasteiger partial charge in [-0.25, -0.2) is 28.2 Å². The second kappa shape index (κ2) is 10.3. The second-order valence-electron chi connectivity index (χ2n) is 11.8. The van der Waals surface area contributed by atoms with Crippen LogP contribution in [0.3, 0.4) is 0 Å². The molecule has 14 nitrogen and oxygen atoms in total. The molecule has 3 aliphatic rings. The van der Waals surface area contributed by atoms with Crippen LogP contribution in [0.2, 0.25) is 0 Å². The summed E-state index contributed by atoms with van der Waals surface area (Å²) in [6, 6.07) is 8.19. The molecule has 1 unspecified atom stereocenters. The summed E-state index contributed by atoms with van der Waals surface area (Å²) in [5.41, 5.74) is 1.71. The average molecular weight is 628 g/mol. The molecule has 0 radical (unpaired) electrons. The largest absolute Gasteiger partial charge is 0.346 e. The molecular weight excluding hydrogens is 598 g/mol. The van der Waals surface area contributed by atoms with E-state index in [0.717, 1.165) is 24.5 Å². The van der Waals surface area contributed by atoms with Gasteiger partial charge >= 0.3 is 6.03 Å². The van der Waals surface area contributed by atoms with Gasteiger partial charge in [0.25, 0.3) is 11.8 Å². The average Bonchev–Trinajstić information content (AvgIpc) is 3.73. The molecule has 4 aromatic heterocycles. The number of carbonyl (C=O) groups is 3. The minimum Gasteiger partial charge on any atom is -0.346 e. The van der Waals surface area contributed by atoms with Gasteiger partial charge in [-0.2, -0.15) is 0 Å². The number of fused-ring (bicyclic) bond motifs is 2. The Kier molecular flexibility index (Phi) is 6.54. The van der Waals surface area contributed by atoms with Crippen molar-refractivity contribution < 1.29 is 22.8 Å². The molecule has 1 saturated carbocycles. The number of urea groups is 1. The molecule has 4 amide bonds. The lowest BCUT2D eigenvalue weighted by molar-refractivity contribution is -0.127. The monoisotopic (exact) mass is 627 g/mol. The number of anilines is 1. The molecule has 2 saturated heterocycles. The van der Waals surface area contributed by atoms with Crippen molar-refractivity contribution in [2.75, 3.05) is 24.2 Å². The first-order valence-electron chi connectivity index (χ1n) is 14.4. The Hall–Kier alpha value is -5.05. The van der Waals surface area contributed by atoms with Gasteiger partial charge in [0.2, 0.25) is 5.95 Å². The van der Waals surface area contributed by atoms with Gasteiger partial charge in [0.05, 0.1) is 45.3 Å². The number of sulfone groups is 1. The van der Waals surface area contributed by atoms with Crippen LogP contribution in [0.5, 0.6) is 0 Å². The Morgan fingerprint density at radius 2 is 1.82 bits per heavy atom. The third-order valence-corrected chi connectivity index (χ3v) is 10.1. The summed E-state index contributed by atoms with van der Waals surface area (Å²) in [4.78, 5) is 62.1. The fourth-order valence-corrected chi connectivity index (χ4v) is 7.25. The highest BCUT2D eigenvalue weighted by atomic mass is 32.2. The number of imide groups is 1. The van der Waals surface area contributed by atoms with E-state index in [0.29, 0.717) is 53.8 Å². The van der Waals surface area contributed by atoms with Crippen LogP contribution in [0.1, 0.15) is 41.0 Å². The Bertz CT molecular complexity index is 2030. The number of aromatic nitrogens is 5. The molecule has 2 aliphatic heterocycles. The topological polar surface area (TPSA) is 189 Å². The normalized spacial score (nSPS) is 20.4. The van der Waals surface area contributed by atoms with Gasteiger partial charge in [-0.1, -0.05) is 0 Å². The lowest BCUT2D eigenvalue weighted by Gasteiger charge is -2.44. The van der Waals surface area contributed by atoms with Crippen LogP contribution in [0.4, 0.5) is 10.7 Å². The van der Waals surface area contributed by atoms with Crippen molar-refractivity contribution in [2.24, 2.45) is 5.41 Å². The maximum Gasteiger partial charge on any atom is 0.322 e. The van der Waals surface area contributed by atoms with Crippen molar-refractivity contribution in [3.05, 3.63) is 65.9 Å². The lowest BCUT2D eigenvalue weighted by atomic mass is 9.75. The number of aryl methyl sites for hydroxylation is 1. The predicted octanol–water partition coefficient (Wildman–Crippen LogP) is 1.69. The molecule has 3 N–H and O–H groups in total. The first kappa shape index (κ1) is 28.7. The Morgan fingerprint density at radius 1 is 1.02 bits per heavy atom. The van der Waals surface area contributed by atoms with Crippen molar-refractivity contribution >= 4 is 44.5 Å². The van der Waals surface area contributed by atoms with E-state index in [1.165, 1.54) is 12.3 Å². The highest BCUT2D eigenvalue weighted by Crippen LogP contribution is 2.58. The van der Waals surface area contributed by atoms with Crippen LogP contribution in [-0.4, -0.2) is 76.1 Å². The van der Waals surface area contributed by atoms with Gasteiger partial charge in [0, 0.05) is 48.7 Å². The summed E-state index contributed by atoms with van der Waals surface area (Å²) >= 11 is 0. The van der Waals surface area contributed by atoms with E-state index in [4.69, 9.17) is 9.97 Å². The summed E-state index contributed by atoms with van der Waals surface area (Å²) in [5.74, 6) is -0.193. The summed E-state index contributed by atoms with van der Waals surface area (Å²) in [7, 11) is -3.53. The van der Waals surface area contributed by atoms with E-state index >= 15 is 0 Å². The van der Waals surface area contributed by atoms with Gasteiger partial charge in [0.1, 0.15) is 5.54 Å². The Labute approximate surface area is 258 Å². The summed E-state index contributed by atoms with van der Waals surface area (Å²) in [5, 5.41) is 8.88. The molecule has 0 bridgehead atoms. The molecule has 0 aromatic carbocycles. The molecule has 1 aliphatic carbocycles. The number of pyridine rings is 3. The number of hydrogen-bond acceptors (Lipinski definition) is 11. The minimum atomic E-state index is -3.53. The Morgan fingerprint density at radius 3 is 2.56 bits per heavy atom. The van der Waals surface area contributed by atoms with Crippen LogP contribution in [0.25, 0.3) is 22.3 Å². The zero-order valence-corrected chi connectivity index (χ0v) is 25.3. The summed E-state index contributed by atoms with van der Waals surface area (Å²) in [6.45, 7) is 2.74. The molecule has 3 fully saturated rings. The number of nitrogens with zero attached hydrogens (tertiary/aromatic N) is 6. The number of piperidine rings is 1. The van der Waals surface area contributed by atoms with Gasteiger partial charge in [-0.05, 0) is 56.5 Å². The zero-order chi connectivity index (χ0) is 31.6. The van der Waals surface area contributed by atoms with E-state index in [1.807, 2.05) is 12.1 Å². The van der Waals surface area contributed by atoms with Crippen LogP contribution >= 0.6 is 0 Å². The SMILES string of the molecule is Cc1ncc(C(=O)NCc2cc3nc(-c4ccnc(N5CCC6(NC(=O)NC6=O)C6(CC6)C5)n4)ccc3cn2)cc1S(C)(=O)=O. The summed E-state index contributed by atoms with van der Waals surface area (Å²) < 4.78 is 24.1. The Balaban J connectivity index is 1.08. The van der Waals surface area contributed by atoms with Crippen molar-refractivity contribution in [2.45, 2.75) is 43.2 Å². The fourth-order valence-electron chi connectivity index (χ4n) is 6.32. The van der Waals surface area contributed by atoms with E-state index in [9.17, 15) is 22.8 Å². The first-order valence-corrected chi connectivity index (χ1v) is 16.3. The second-order valence-corrected chi connectivity index (χ2v) is 13.8. The minimum absolute atomic E-state index is 0.00884. The standard InChI is InChI=1S/C30H29N9O5S/c1-17-24(45(2,43)44)11-19(14-32-17)25(40)34-15-20-12-23-18(13-33-20)3-4-21(35-23)22-5-9-31-27(36-22)39-10-8-30(29(16-39)6-7-29)26(41)37-28(42)38-30/h3-5,9,11-14H,6-8,10,15-16H2,1-2H3,(H,34,40)(H2,37,38,41,42). The zero-order valence-electron chi connectivity index (χ0n) is 24.5. The van der Waals surface area contributed by atoms with E-state index < -0.39 is 27.3 Å². The van der Waals surface area contributed by atoms with Crippen LogP contribution in [0, 0.1) is 12.3 Å². The highest BCUT2D eigenvalue weighted by molar-refractivity contribution is 7.90. The van der Waals surface area contributed by atoms with Crippen molar-refractivity contribution in [3.63, 3.8) is 0 Å². The molecule has 15 heteroatoms. The number of nitrogens with one attached hydrogen (secondary N) is 3. The molecule has 2 spiro atoms. The smallest absolute Gasteiger partial charge is 0.322 e. The van der Waals surface area contributed by atoms with E-state index in [-0.39, 0.29) is 28.3 Å².